The van der Waals surface area contributed by atoms with Crippen molar-refractivity contribution in [2.75, 3.05) is 27.2 Å². The molecule has 0 atom stereocenters. The zero-order valence-electron chi connectivity index (χ0n) is 15.0. The molecule has 0 amide bonds. The quantitative estimate of drug-likeness (QED) is 0.367. The highest BCUT2D eigenvalue weighted by Crippen LogP contribution is 2.09. The third kappa shape index (κ3) is 7.65. The Morgan fingerprint density at radius 1 is 1.08 bits per heavy atom. The lowest BCUT2D eigenvalue weighted by Gasteiger charge is -2.18. The molecule has 0 heterocycles. The van der Waals surface area contributed by atoms with Gasteiger partial charge in [0.2, 0.25) is 0 Å². The molecule has 142 valence electrons. The van der Waals surface area contributed by atoms with Crippen LogP contribution in [0.2, 0.25) is 0 Å². The minimum Gasteiger partial charge on any atom is -0.355 e. The van der Waals surface area contributed by atoms with Crippen molar-refractivity contribution in [1.82, 2.24) is 15.5 Å². The molecule has 0 fully saturated rings. The molecule has 0 spiro atoms. The van der Waals surface area contributed by atoms with Crippen LogP contribution in [0.25, 0.3) is 0 Å². The second kappa shape index (κ2) is 11.8. The summed E-state index contributed by atoms with van der Waals surface area (Å²) >= 11 is 0. The maximum absolute atomic E-state index is 13.6. The lowest BCUT2D eigenvalue weighted by atomic mass is 10.2. The van der Waals surface area contributed by atoms with Gasteiger partial charge in [-0.1, -0.05) is 30.3 Å². The van der Waals surface area contributed by atoms with E-state index >= 15 is 0 Å². The minimum atomic E-state index is -0.455. The number of nitrogens with zero attached hydrogens (tertiary/aromatic N) is 2. The van der Waals surface area contributed by atoms with E-state index in [4.69, 9.17) is 0 Å². The molecule has 0 aliphatic rings. The Morgan fingerprint density at radius 2 is 1.81 bits per heavy atom. The normalized spacial score (nSPS) is 11.2. The smallest absolute Gasteiger partial charge is 0.191 e. The van der Waals surface area contributed by atoms with Gasteiger partial charge >= 0.3 is 0 Å². The highest BCUT2D eigenvalue weighted by Gasteiger charge is 2.06. The van der Waals surface area contributed by atoms with Crippen LogP contribution in [0.4, 0.5) is 8.78 Å². The highest BCUT2D eigenvalue weighted by atomic mass is 127. The fraction of sp³-hybridized carbons (Fsp3) is 0.316. The highest BCUT2D eigenvalue weighted by molar-refractivity contribution is 14.0. The Kier molecular flexibility index (Phi) is 10.1. The van der Waals surface area contributed by atoms with Gasteiger partial charge < -0.3 is 15.5 Å². The van der Waals surface area contributed by atoms with Crippen LogP contribution in [0.15, 0.2) is 53.5 Å². The molecule has 2 aromatic rings. The van der Waals surface area contributed by atoms with Crippen LogP contribution >= 0.6 is 24.0 Å². The van der Waals surface area contributed by atoms with Crippen LogP contribution in [-0.4, -0.2) is 38.0 Å². The number of guanidine groups is 1. The summed E-state index contributed by atoms with van der Waals surface area (Å²) in [5, 5.41) is 6.16. The van der Waals surface area contributed by atoms with Crippen LogP contribution in [0.5, 0.6) is 0 Å². The van der Waals surface area contributed by atoms with Crippen molar-refractivity contribution in [1.29, 1.82) is 0 Å². The van der Waals surface area contributed by atoms with Crippen molar-refractivity contribution >= 4 is 29.9 Å². The Hall–Kier alpha value is -1.74. The fourth-order valence-corrected chi connectivity index (χ4v) is 2.42. The Balaban J connectivity index is 0.00000338. The number of rotatable bonds is 7. The molecular formula is C19H25F2IN4. The number of hydrogen-bond acceptors (Lipinski definition) is 2. The number of halogens is 3. The molecule has 4 nitrogen and oxygen atoms in total. The van der Waals surface area contributed by atoms with Gasteiger partial charge in [0.25, 0.3) is 0 Å². The van der Waals surface area contributed by atoms with E-state index in [9.17, 15) is 8.78 Å². The van der Waals surface area contributed by atoms with Crippen LogP contribution in [0, 0.1) is 11.6 Å². The number of hydrogen-bond donors (Lipinski definition) is 2. The number of nitrogens with one attached hydrogen (secondary N) is 2. The fourth-order valence-electron chi connectivity index (χ4n) is 2.42. The maximum Gasteiger partial charge on any atom is 0.191 e. The zero-order valence-corrected chi connectivity index (χ0v) is 17.3. The Bertz CT molecular complexity index is 695. The van der Waals surface area contributed by atoms with Crippen molar-refractivity contribution in [3.05, 3.63) is 71.3 Å². The van der Waals surface area contributed by atoms with Crippen LogP contribution in [0.3, 0.4) is 0 Å². The molecule has 2 N–H and O–H groups in total. The predicted octanol–water partition coefficient (Wildman–Crippen LogP) is 3.38. The van der Waals surface area contributed by atoms with E-state index in [1.54, 1.807) is 7.05 Å². The minimum absolute atomic E-state index is 0. The molecule has 2 aromatic carbocycles. The second-order valence-corrected chi connectivity index (χ2v) is 5.81. The molecule has 0 unspecified atom stereocenters. The van der Waals surface area contributed by atoms with E-state index < -0.39 is 11.6 Å². The summed E-state index contributed by atoms with van der Waals surface area (Å²) in [5.41, 5.74) is 1.53. The summed E-state index contributed by atoms with van der Waals surface area (Å²) in [6.45, 7) is 2.55. The van der Waals surface area contributed by atoms with Gasteiger partial charge in [0.05, 0.1) is 0 Å². The summed E-state index contributed by atoms with van der Waals surface area (Å²) < 4.78 is 26.8. The molecule has 0 saturated carbocycles. The molecule has 0 aliphatic carbocycles. The third-order valence-corrected chi connectivity index (χ3v) is 3.76. The largest absolute Gasteiger partial charge is 0.355 e. The summed E-state index contributed by atoms with van der Waals surface area (Å²) in [4.78, 5) is 6.29. The average molecular weight is 474 g/mol. The van der Waals surface area contributed by atoms with E-state index in [-0.39, 0.29) is 36.1 Å². The van der Waals surface area contributed by atoms with E-state index in [1.807, 2.05) is 25.2 Å². The van der Waals surface area contributed by atoms with Gasteiger partial charge in [-0.05, 0) is 30.8 Å². The zero-order chi connectivity index (χ0) is 18.1. The first kappa shape index (κ1) is 22.3. The van der Waals surface area contributed by atoms with Crippen molar-refractivity contribution in [2.45, 2.75) is 13.1 Å². The van der Waals surface area contributed by atoms with Crippen LogP contribution in [-0.2, 0) is 13.1 Å². The van der Waals surface area contributed by atoms with Gasteiger partial charge in [-0.15, -0.1) is 24.0 Å². The molecule has 0 aromatic heterocycles. The summed E-state index contributed by atoms with van der Waals surface area (Å²) in [6.07, 6.45) is 0. The second-order valence-electron chi connectivity index (χ2n) is 5.81. The van der Waals surface area contributed by atoms with Crippen molar-refractivity contribution in [2.24, 2.45) is 4.99 Å². The van der Waals surface area contributed by atoms with E-state index in [0.717, 1.165) is 25.2 Å². The van der Waals surface area contributed by atoms with Crippen molar-refractivity contribution < 1.29 is 8.78 Å². The average Bonchev–Trinajstić information content (AvgIpc) is 2.61. The number of benzene rings is 2. The van der Waals surface area contributed by atoms with Crippen molar-refractivity contribution in [3.8, 4) is 0 Å². The third-order valence-electron chi connectivity index (χ3n) is 3.76. The first-order valence-electron chi connectivity index (χ1n) is 8.19. The van der Waals surface area contributed by atoms with Gasteiger partial charge in [-0.2, -0.15) is 0 Å². The summed E-state index contributed by atoms with van der Waals surface area (Å²) in [7, 11) is 3.69. The van der Waals surface area contributed by atoms with Gasteiger partial charge in [0.1, 0.15) is 11.6 Å². The monoisotopic (exact) mass is 474 g/mol. The Labute approximate surface area is 170 Å². The maximum atomic E-state index is 13.6. The SMILES string of the molecule is CN=C(NCCN(C)Cc1ccccc1)NCc1cc(F)ccc1F.I. The lowest BCUT2D eigenvalue weighted by Crippen LogP contribution is -2.40. The standard InChI is InChI=1S/C19H24F2N4.HI/c1-22-19(24-13-16-12-17(20)8-9-18(16)21)23-10-11-25(2)14-15-6-4-3-5-7-15;/h3-9,12H,10-11,13-14H2,1-2H3,(H2,22,23,24);1H. The summed E-state index contributed by atoms with van der Waals surface area (Å²) in [5.74, 6) is -0.340. The van der Waals surface area contributed by atoms with Gasteiger partial charge in [0.15, 0.2) is 5.96 Å². The van der Waals surface area contributed by atoms with E-state index in [0.29, 0.717) is 12.5 Å². The predicted molar refractivity (Wildman–Crippen MR) is 113 cm³/mol. The Morgan fingerprint density at radius 3 is 2.50 bits per heavy atom. The van der Waals surface area contributed by atoms with Crippen molar-refractivity contribution in [3.63, 3.8) is 0 Å². The van der Waals surface area contributed by atoms with Gasteiger partial charge in [0, 0.05) is 38.8 Å². The van der Waals surface area contributed by atoms with E-state index in [2.05, 4.69) is 32.7 Å². The molecule has 0 bridgehead atoms. The van der Waals surface area contributed by atoms with E-state index in [1.165, 1.54) is 11.6 Å². The molecule has 0 saturated heterocycles. The van der Waals surface area contributed by atoms with Gasteiger partial charge in [-0.25, -0.2) is 8.78 Å². The molecular weight excluding hydrogens is 449 g/mol. The first-order chi connectivity index (χ1) is 12.1. The molecule has 26 heavy (non-hydrogen) atoms. The first-order valence-corrected chi connectivity index (χ1v) is 8.19. The van der Waals surface area contributed by atoms with Crippen LogP contribution in [0.1, 0.15) is 11.1 Å². The molecule has 2 rings (SSSR count). The topological polar surface area (TPSA) is 39.7 Å². The van der Waals surface area contributed by atoms with Gasteiger partial charge in [-0.3, -0.25) is 4.99 Å². The molecule has 0 radical (unpaired) electrons. The molecule has 7 heteroatoms. The number of aliphatic imine (C=N–C) groups is 1. The molecule has 0 aliphatic heterocycles. The lowest BCUT2D eigenvalue weighted by molar-refractivity contribution is 0.331. The summed E-state index contributed by atoms with van der Waals surface area (Å²) in [6, 6.07) is 13.7. The number of likely N-dealkylation sites (N-methyl/N-ethyl adjacent to an activating group) is 1. The van der Waals surface area contributed by atoms with Crippen LogP contribution < -0.4 is 10.6 Å².